The van der Waals surface area contributed by atoms with Crippen LogP contribution in [0.2, 0.25) is 18.1 Å². The number of oxime groups is 1. The van der Waals surface area contributed by atoms with Gasteiger partial charge >= 0.3 is 0 Å². The molecule has 0 spiro atoms. The second kappa shape index (κ2) is 7.10. The molecule has 2 aromatic rings. The molecule has 0 bridgehead atoms. The Morgan fingerprint density at radius 2 is 2.18 bits per heavy atom. The van der Waals surface area contributed by atoms with E-state index < -0.39 is 26.3 Å². The third-order valence-corrected chi connectivity index (χ3v) is 10.4. The molecule has 9 nitrogen and oxygen atoms in total. The lowest BCUT2D eigenvalue weighted by Gasteiger charge is -2.41. The van der Waals surface area contributed by atoms with E-state index in [9.17, 15) is 10.3 Å². The zero-order valence-corrected chi connectivity index (χ0v) is 18.0. The van der Waals surface area contributed by atoms with E-state index in [0.29, 0.717) is 17.9 Å². The molecular formula is C18H29N5O4Si. The number of hydrogen-bond acceptors (Lipinski definition) is 8. The van der Waals surface area contributed by atoms with Gasteiger partial charge in [0.15, 0.2) is 13.9 Å². The fraction of sp³-hybridized carbons (Fsp3) is 0.611. The zero-order valence-electron chi connectivity index (χ0n) is 17.0. The second-order valence-electron chi connectivity index (χ2n) is 8.75. The molecule has 0 amide bonds. The van der Waals surface area contributed by atoms with Crippen molar-refractivity contribution in [2.75, 3.05) is 12.3 Å². The number of rotatable bonds is 5. The molecule has 10 heteroatoms. The molecule has 3 unspecified atom stereocenters. The minimum Gasteiger partial charge on any atom is -0.411 e. The summed E-state index contributed by atoms with van der Waals surface area (Å²) in [6.45, 7) is 10.3. The number of aliphatic hydroxyl groups excluding tert-OH is 1. The molecule has 3 rings (SSSR count). The summed E-state index contributed by atoms with van der Waals surface area (Å²) in [5, 5.41) is 23.2. The van der Waals surface area contributed by atoms with Gasteiger partial charge in [-0.2, -0.15) is 0 Å². The molecule has 0 aliphatic carbocycles. The van der Waals surface area contributed by atoms with Crippen LogP contribution in [0.4, 0.5) is 5.82 Å². The highest BCUT2D eigenvalue weighted by Gasteiger charge is 2.53. The molecule has 28 heavy (non-hydrogen) atoms. The van der Waals surface area contributed by atoms with Gasteiger partial charge in [0, 0.05) is 12.6 Å². The van der Waals surface area contributed by atoms with E-state index in [4.69, 9.17) is 14.9 Å². The van der Waals surface area contributed by atoms with Crippen molar-refractivity contribution in [2.45, 2.75) is 63.3 Å². The van der Waals surface area contributed by atoms with Crippen molar-refractivity contribution >= 4 is 31.4 Å². The minimum atomic E-state index is -2.17. The summed E-state index contributed by atoms with van der Waals surface area (Å²) < 4.78 is 14.6. The molecular weight excluding hydrogens is 378 g/mol. The maximum absolute atomic E-state index is 10.1. The van der Waals surface area contributed by atoms with Gasteiger partial charge in [0.2, 0.25) is 0 Å². The highest BCUT2D eigenvalue weighted by molar-refractivity contribution is 6.74. The minimum absolute atomic E-state index is 0.0234. The lowest BCUT2D eigenvalue weighted by atomic mass is 9.99. The summed E-state index contributed by atoms with van der Waals surface area (Å²) in [5.74, 6) is 0.390. The third-order valence-electron chi connectivity index (χ3n) is 5.93. The van der Waals surface area contributed by atoms with Gasteiger partial charge in [-0.25, -0.2) is 9.97 Å². The van der Waals surface area contributed by atoms with E-state index in [0.717, 1.165) is 5.39 Å². The van der Waals surface area contributed by atoms with Crippen LogP contribution in [-0.4, -0.2) is 57.7 Å². The van der Waals surface area contributed by atoms with Gasteiger partial charge < -0.3 is 29.8 Å². The largest absolute Gasteiger partial charge is 0.411 e. The number of nitrogens with zero attached hydrogens (tertiary/aromatic N) is 4. The number of anilines is 1. The maximum atomic E-state index is 10.1. The number of fused-ring (bicyclic) bond motifs is 1. The quantitative estimate of drug-likeness (QED) is 0.301. The summed E-state index contributed by atoms with van der Waals surface area (Å²) in [5.41, 5.74) is 5.33. The summed E-state index contributed by atoms with van der Waals surface area (Å²) in [4.78, 5) is 8.33. The van der Waals surface area contributed by atoms with Gasteiger partial charge in [-0.05, 0) is 24.2 Å². The van der Waals surface area contributed by atoms with Crippen LogP contribution in [-0.2, 0) is 9.16 Å². The van der Waals surface area contributed by atoms with Crippen molar-refractivity contribution < 1.29 is 19.5 Å². The Bertz CT molecular complexity index is 878. The Hall–Kier alpha value is -2.01. The molecule has 154 valence electrons. The first-order valence-corrected chi connectivity index (χ1v) is 12.2. The number of ether oxygens (including phenoxy) is 1. The van der Waals surface area contributed by atoms with Crippen LogP contribution >= 0.6 is 0 Å². The van der Waals surface area contributed by atoms with Crippen LogP contribution < -0.4 is 5.73 Å². The van der Waals surface area contributed by atoms with E-state index in [1.807, 2.05) is 16.8 Å². The van der Waals surface area contributed by atoms with E-state index in [2.05, 4.69) is 49.0 Å². The van der Waals surface area contributed by atoms with Crippen molar-refractivity contribution in [3.63, 3.8) is 0 Å². The fourth-order valence-electron chi connectivity index (χ4n) is 3.22. The second-order valence-corrected chi connectivity index (χ2v) is 13.5. The molecule has 0 radical (unpaired) electrons. The number of hydrogen-bond donors (Lipinski definition) is 3. The third kappa shape index (κ3) is 3.41. The Labute approximate surface area is 165 Å². The molecule has 2 aromatic heterocycles. The van der Waals surface area contributed by atoms with Crippen LogP contribution in [0.3, 0.4) is 0 Å². The van der Waals surface area contributed by atoms with Gasteiger partial charge in [-0.3, -0.25) is 0 Å². The zero-order chi connectivity index (χ0) is 20.7. The van der Waals surface area contributed by atoms with E-state index in [1.54, 1.807) is 0 Å². The Morgan fingerprint density at radius 1 is 1.46 bits per heavy atom. The Kier molecular flexibility index (Phi) is 5.26. The van der Waals surface area contributed by atoms with Crippen molar-refractivity contribution in [2.24, 2.45) is 5.16 Å². The lowest BCUT2D eigenvalue weighted by Crippen LogP contribution is -2.53. The van der Waals surface area contributed by atoms with Crippen molar-refractivity contribution in [3.8, 4) is 0 Å². The van der Waals surface area contributed by atoms with E-state index in [1.165, 1.54) is 12.5 Å². The standard InChI is InChI=1S/C18H29N5O4Si/c1-17(2,3)28(4,5)27-13-8-14(26-18(13,10-24)9-22-25)23-7-6-12-15(19)20-11-21-16(12)23/h6-7,9,11,13-14,24-25H,8,10H2,1-5H3,(H2,19,20,21). The summed E-state index contributed by atoms with van der Waals surface area (Å²) in [7, 11) is -2.17. The highest BCUT2D eigenvalue weighted by atomic mass is 28.4. The van der Waals surface area contributed by atoms with Crippen LogP contribution in [0.5, 0.6) is 0 Å². The maximum Gasteiger partial charge on any atom is 0.192 e. The van der Waals surface area contributed by atoms with E-state index >= 15 is 0 Å². The SMILES string of the molecule is CC(C)(C)[Si](C)(C)OC1CC(n2ccc3c(N)ncnc32)OC1(C=NO)CO. The van der Waals surface area contributed by atoms with Gasteiger partial charge in [-0.1, -0.05) is 25.9 Å². The molecule has 1 saturated heterocycles. The molecule has 3 atom stereocenters. The molecule has 3 heterocycles. The Morgan fingerprint density at radius 3 is 2.79 bits per heavy atom. The predicted octanol–water partition coefficient (Wildman–Crippen LogP) is 2.51. The van der Waals surface area contributed by atoms with Crippen LogP contribution in [0, 0.1) is 0 Å². The number of aromatic nitrogens is 3. The molecule has 4 N–H and O–H groups in total. The van der Waals surface area contributed by atoms with Gasteiger partial charge in [0.1, 0.15) is 24.0 Å². The summed E-state index contributed by atoms with van der Waals surface area (Å²) in [6, 6.07) is 1.83. The van der Waals surface area contributed by atoms with Crippen molar-refractivity contribution in [1.82, 2.24) is 14.5 Å². The topological polar surface area (TPSA) is 128 Å². The lowest BCUT2D eigenvalue weighted by molar-refractivity contribution is -0.0778. The van der Waals surface area contributed by atoms with Gasteiger partial charge in [0.05, 0.1) is 24.3 Å². The Balaban J connectivity index is 1.99. The number of nitrogens with two attached hydrogens (primary N) is 1. The molecule has 0 saturated carbocycles. The van der Waals surface area contributed by atoms with Crippen molar-refractivity contribution in [1.29, 1.82) is 0 Å². The molecule has 1 fully saturated rings. The average Bonchev–Trinajstić information content (AvgIpc) is 3.17. The average molecular weight is 408 g/mol. The summed E-state index contributed by atoms with van der Waals surface area (Å²) in [6.07, 6.45) is 3.98. The van der Waals surface area contributed by atoms with Crippen molar-refractivity contribution in [3.05, 3.63) is 18.6 Å². The normalized spacial score (nSPS) is 26.5. The van der Waals surface area contributed by atoms with Crippen LogP contribution in [0.1, 0.15) is 33.4 Å². The predicted molar refractivity (Wildman–Crippen MR) is 109 cm³/mol. The first-order valence-electron chi connectivity index (χ1n) is 9.27. The molecule has 1 aliphatic rings. The first kappa shape index (κ1) is 20.7. The first-order chi connectivity index (χ1) is 13.0. The molecule has 1 aliphatic heterocycles. The number of nitrogen functional groups attached to an aromatic ring is 1. The van der Waals surface area contributed by atoms with Crippen LogP contribution in [0.15, 0.2) is 23.7 Å². The fourth-order valence-corrected chi connectivity index (χ4v) is 4.59. The summed E-state index contributed by atoms with van der Waals surface area (Å²) >= 11 is 0. The van der Waals surface area contributed by atoms with Gasteiger partial charge in [0.25, 0.3) is 0 Å². The van der Waals surface area contributed by atoms with Crippen LogP contribution in [0.25, 0.3) is 11.0 Å². The number of aliphatic hydroxyl groups is 1. The van der Waals surface area contributed by atoms with Gasteiger partial charge in [-0.15, -0.1) is 0 Å². The molecule has 0 aromatic carbocycles. The monoisotopic (exact) mass is 407 g/mol. The van der Waals surface area contributed by atoms with E-state index in [-0.39, 0.29) is 11.6 Å². The smallest absolute Gasteiger partial charge is 0.192 e. The highest BCUT2D eigenvalue weighted by Crippen LogP contribution is 2.44.